The normalized spacial score (nSPS) is 15.9. The lowest BCUT2D eigenvalue weighted by Crippen LogP contribution is -2.47. The van der Waals surface area contributed by atoms with Crippen LogP contribution in [0.1, 0.15) is 24.5 Å². The maximum atomic E-state index is 11.9. The van der Waals surface area contributed by atoms with Crippen LogP contribution in [0, 0.1) is 0 Å². The van der Waals surface area contributed by atoms with Gasteiger partial charge >= 0.3 is 0 Å². The number of rotatable bonds is 9. The molecule has 2 rings (SSSR count). The SMILES string of the molecule is CCC(CNC(=O)CNCCOC)N1CCc2ccccc2C1. The Morgan fingerprint density at radius 2 is 2.13 bits per heavy atom. The van der Waals surface area contributed by atoms with Gasteiger partial charge in [-0.2, -0.15) is 0 Å². The molecule has 5 nitrogen and oxygen atoms in total. The Bertz CT molecular complexity index is 493. The van der Waals surface area contributed by atoms with Crippen molar-refractivity contribution in [3.05, 3.63) is 35.4 Å². The van der Waals surface area contributed by atoms with Crippen molar-refractivity contribution in [3.8, 4) is 0 Å². The van der Waals surface area contributed by atoms with Gasteiger partial charge in [-0.1, -0.05) is 31.2 Å². The zero-order chi connectivity index (χ0) is 16.5. The van der Waals surface area contributed by atoms with Crippen LogP contribution >= 0.6 is 0 Å². The van der Waals surface area contributed by atoms with Crippen LogP contribution in [0.5, 0.6) is 0 Å². The summed E-state index contributed by atoms with van der Waals surface area (Å²) in [5, 5.41) is 6.12. The van der Waals surface area contributed by atoms with Crippen molar-refractivity contribution in [2.45, 2.75) is 32.4 Å². The van der Waals surface area contributed by atoms with E-state index < -0.39 is 0 Å². The molecule has 0 bridgehead atoms. The number of hydrogen-bond donors (Lipinski definition) is 2. The maximum absolute atomic E-state index is 11.9. The summed E-state index contributed by atoms with van der Waals surface area (Å²) in [4.78, 5) is 14.4. The molecule has 1 aliphatic rings. The molecular weight excluding hydrogens is 290 g/mol. The number of carbonyl (C=O) groups excluding carboxylic acids is 1. The van der Waals surface area contributed by atoms with Gasteiger partial charge in [0.2, 0.25) is 5.91 Å². The van der Waals surface area contributed by atoms with Gasteiger partial charge in [-0.15, -0.1) is 0 Å². The van der Waals surface area contributed by atoms with Crippen LogP contribution < -0.4 is 10.6 Å². The van der Waals surface area contributed by atoms with Gasteiger partial charge in [0.25, 0.3) is 0 Å². The molecule has 0 aliphatic carbocycles. The summed E-state index contributed by atoms with van der Waals surface area (Å²) < 4.78 is 4.95. The highest BCUT2D eigenvalue weighted by Gasteiger charge is 2.22. The first-order valence-corrected chi connectivity index (χ1v) is 8.51. The van der Waals surface area contributed by atoms with Gasteiger partial charge in [-0.25, -0.2) is 0 Å². The number of benzene rings is 1. The third kappa shape index (κ3) is 5.61. The maximum Gasteiger partial charge on any atom is 0.234 e. The Hall–Kier alpha value is -1.43. The topological polar surface area (TPSA) is 53.6 Å². The van der Waals surface area contributed by atoms with E-state index in [1.807, 2.05) is 0 Å². The van der Waals surface area contributed by atoms with Gasteiger partial charge in [0, 0.05) is 39.3 Å². The molecule has 1 aromatic rings. The third-order valence-electron chi connectivity index (χ3n) is 4.45. The van der Waals surface area contributed by atoms with Crippen LogP contribution in [0.25, 0.3) is 0 Å². The van der Waals surface area contributed by atoms with Crippen LogP contribution in [-0.2, 0) is 22.5 Å². The van der Waals surface area contributed by atoms with Crippen molar-refractivity contribution in [2.75, 3.05) is 39.9 Å². The molecule has 0 spiro atoms. The summed E-state index contributed by atoms with van der Waals surface area (Å²) in [5.41, 5.74) is 2.88. The first-order chi connectivity index (χ1) is 11.2. The van der Waals surface area contributed by atoms with Crippen LogP contribution in [-0.4, -0.2) is 56.7 Å². The van der Waals surface area contributed by atoms with Crippen LogP contribution in [0.3, 0.4) is 0 Å². The van der Waals surface area contributed by atoms with E-state index in [9.17, 15) is 4.79 Å². The lowest BCUT2D eigenvalue weighted by atomic mass is 9.98. The minimum Gasteiger partial charge on any atom is -0.383 e. The molecule has 1 heterocycles. The van der Waals surface area contributed by atoms with Crippen LogP contribution in [0.2, 0.25) is 0 Å². The predicted molar refractivity (Wildman–Crippen MR) is 92.4 cm³/mol. The molecule has 1 atom stereocenters. The van der Waals surface area contributed by atoms with Crippen LogP contribution in [0.4, 0.5) is 0 Å². The Kier molecular flexibility index (Phi) is 7.52. The highest BCUT2D eigenvalue weighted by Crippen LogP contribution is 2.20. The molecule has 0 radical (unpaired) electrons. The molecule has 1 unspecified atom stereocenters. The number of nitrogens with one attached hydrogen (secondary N) is 2. The average molecular weight is 319 g/mol. The summed E-state index contributed by atoms with van der Waals surface area (Å²) in [6, 6.07) is 9.05. The number of nitrogens with zero attached hydrogens (tertiary/aromatic N) is 1. The monoisotopic (exact) mass is 319 g/mol. The van der Waals surface area contributed by atoms with Crippen molar-refractivity contribution in [3.63, 3.8) is 0 Å². The molecule has 0 fully saturated rings. The van der Waals surface area contributed by atoms with E-state index >= 15 is 0 Å². The van der Waals surface area contributed by atoms with Crippen molar-refractivity contribution < 1.29 is 9.53 Å². The molecule has 1 aliphatic heterocycles. The minimum absolute atomic E-state index is 0.0527. The number of methoxy groups -OCH3 is 1. The van der Waals surface area contributed by atoms with Gasteiger partial charge in [0.05, 0.1) is 13.2 Å². The molecule has 1 aromatic carbocycles. The van der Waals surface area contributed by atoms with E-state index in [1.54, 1.807) is 7.11 Å². The smallest absolute Gasteiger partial charge is 0.234 e. The Morgan fingerprint density at radius 1 is 1.35 bits per heavy atom. The lowest BCUT2D eigenvalue weighted by molar-refractivity contribution is -0.120. The largest absolute Gasteiger partial charge is 0.383 e. The third-order valence-corrected chi connectivity index (χ3v) is 4.45. The van der Waals surface area contributed by atoms with E-state index in [-0.39, 0.29) is 5.91 Å². The highest BCUT2D eigenvalue weighted by atomic mass is 16.5. The Morgan fingerprint density at radius 3 is 2.87 bits per heavy atom. The second-order valence-corrected chi connectivity index (χ2v) is 6.02. The quantitative estimate of drug-likeness (QED) is 0.671. The fourth-order valence-corrected chi connectivity index (χ4v) is 3.03. The van der Waals surface area contributed by atoms with Crippen molar-refractivity contribution >= 4 is 5.91 Å². The fraction of sp³-hybridized carbons (Fsp3) is 0.611. The Labute approximate surface area is 139 Å². The van der Waals surface area contributed by atoms with Crippen molar-refractivity contribution in [1.29, 1.82) is 0 Å². The summed E-state index contributed by atoms with van der Waals surface area (Å²) in [6.07, 6.45) is 2.14. The first-order valence-electron chi connectivity index (χ1n) is 8.51. The zero-order valence-electron chi connectivity index (χ0n) is 14.3. The number of carbonyl (C=O) groups is 1. The van der Waals surface area contributed by atoms with Crippen molar-refractivity contribution in [1.82, 2.24) is 15.5 Å². The second kappa shape index (κ2) is 9.65. The van der Waals surface area contributed by atoms with Crippen molar-refractivity contribution in [2.24, 2.45) is 0 Å². The van der Waals surface area contributed by atoms with E-state index in [4.69, 9.17) is 4.74 Å². The summed E-state index contributed by atoms with van der Waals surface area (Å²) in [7, 11) is 1.66. The number of ether oxygens (including phenoxy) is 1. The molecule has 0 saturated heterocycles. The van der Waals surface area contributed by atoms with E-state index in [0.29, 0.717) is 32.3 Å². The number of hydrogen-bond acceptors (Lipinski definition) is 4. The van der Waals surface area contributed by atoms with Gasteiger partial charge in [-0.05, 0) is 24.0 Å². The molecule has 0 aromatic heterocycles. The summed E-state index contributed by atoms with van der Waals surface area (Å²) in [6.45, 7) is 6.62. The number of amides is 1. The zero-order valence-corrected chi connectivity index (χ0v) is 14.3. The molecular formula is C18H29N3O2. The lowest BCUT2D eigenvalue weighted by Gasteiger charge is -2.35. The molecule has 128 valence electrons. The van der Waals surface area contributed by atoms with E-state index in [0.717, 1.165) is 25.9 Å². The fourth-order valence-electron chi connectivity index (χ4n) is 3.03. The highest BCUT2D eigenvalue weighted by molar-refractivity contribution is 5.78. The molecule has 1 amide bonds. The molecule has 23 heavy (non-hydrogen) atoms. The number of fused-ring (bicyclic) bond motifs is 1. The standard InChI is InChI=1S/C18H29N3O2/c1-3-17(12-20-18(22)13-19-9-11-23-2)21-10-8-15-6-4-5-7-16(15)14-21/h4-7,17,19H,3,8-14H2,1-2H3,(H,20,22). The molecule has 2 N–H and O–H groups in total. The van der Waals surface area contributed by atoms with Gasteiger partial charge in [-0.3, -0.25) is 9.69 Å². The summed E-state index contributed by atoms with van der Waals surface area (Å²) in [5.74, 6) is 0.0527. The van der Waals surface area contributed by atoms with Gasteiger partial charge in [0.1, 0.15) is 0 Å². The van der Waals surface area contributed by atoms with Gasteiger partial charge in [0.15, 0.2) is 0 Å². The van der Waals surface area contributed by atoms with Crippen LogP contribution in [0.15, 0.2) is 24.3 Å². The first kappa shape index (κ1) is 17.9. The van der Waals surface area contributed by atoms with Gasteiger partial charge < -0.3 is 15.4 Å². The molecule has 5 heteroatoms. The Balaban J connectivity index is 1.76. The summed E-state index contributed by atoms with van der Waals surface area (Å²) >= 11 is 0. The van der Waals surface area contributed by atoms with E-state index in [2.05, 4.69) is 46.7 Å². The average Bonchev–Trinajstić information content (AvgIpc) is 2.59. The molecule has 0 saturated carbocycles. The predicted octanol–water partition coefficient (Wildman–Crippen LogP) is 1.18. The second-order valence-electron chi connectivity index (χ2n) is 6.02. The minimum atomic E-state index is 0.0527. The van der Waals surface area contributed by atoms with E-state index in [1.165, 1.54) is 11.1 Å².